The summed E-state index contributed by atoms with van der Waals surface area (Å²) < 4.78 is 14.2. The average Bonchev–Trinajstić information content (AvgIpc) is 2.36. The molecular formula is C11H13NO5. The third kappa shape index (κ3) is 5.07. The predicted molar refractivity (Wildman–Crippen MR) is 57.1 cm³/mol. The maximum Gasteiger partial charge on any atom is 0.341 e. The Morgan fingerprint density at radius 3 is 2.82 bits per heavy atom. The lowest BCUT2D eigenvalue weighted by molar-refractivity contribution is -0.152. The molecule has 0 aromatic carbocycles. The lowest BCUT2D eigenvalue weighted by Gasteiger charge is -2.05. The van der Waals surface area contributed by atoms with Crippen LogP contribution in [-0.4, -0.2) is 36.9 Å². The Labute approximate surface area is 98.5 Å². The summed E-state index contributed by atoms with van der Waals surface area (Å²) in [5.74, 6) is -1.05. The topological polar surface area (TPSA) is 74.7 Å². The molecule has 17 heavy (non-hydrogen) atoms. The van der Waals surface area contributed by atoms with Crippen LogP contribution in [0.2, 0.25) is 0 Å². The number of hydrogen-bond acceptors (Lipinski definition) is 6. The second-order valence-electron chi connectivity index (χ2n) is 2.94. The first-order chi connectivity index (χ1) is 8.24. The van der Waals surface area contributed by atoms with E-state index in [9.17, 15) is 9.59 Å². The summed E-state index contributed by atoms with van der Waals surface area (Å²) in [7, 11) is 0. The van der Waals surface area contributed by atoms with Crippen molar-refractivity contribution in [2.24, 2.45) is 0 Å². The quantitative estimate of drug-likeness (QED) is 0.415. The fourth-order valence-electron chi connectivity index (χ4n) is 0.990. The van der Waals surface area contributed by atoms with Crippen molar-refractivity contribution < 1.29 is 23.8 Å². The molecule has 0 fully saturated rings. The van der Waals surface area contributed by atoms with Gasteiger partial charge in [0.2, 0.25) is 0 Å². The molecule has 1 rings (SSSR count). The van der Waals surface area contributed by atoms with Gasteiger partial charge in [0, 0.05) is 12.4 Å². The number of carbonyl (C=O) groups is 2. The summed E-state index contributed by atoms with van der Waals surface area (Å²) in [4.78, 5) is 26.0. The normalized spacial score (nSPS) is 9.71. The van der Waals surface area contributed by atoms with Crippen LogP contribution in [0.5, 0.6) is 0 Å². The number of esters is 2. The van der Waals surface area contributed by atoms with Gasteiger partial charge in [-0.05, 0) is 19.1 Å². The molecule has 0 aliphatic heterocycles. The molecule has 0 unspecified atom stereocenters. The number of carbonyl (C=O) groups excluding carboxylic acids is 2. The molecule has 0 saturated heterocycles. The Bertz CT molecular complexity index is 365. The Morgan fingerprint density at radius 1 is 1.35 bits per heavy atom. The number of ether oxygens (including phenoxy) is 3. The fraction of sp³-hybridized carbons (Fsp3) is 0.364. The van der Waals surface area contributed by atoms with E-state index in [1.807, 2.05) is 0 Å². The molecule has 0 atom stereocenters. The molecule has 6 nitrogen and oxygen atoms in total. The van der Waals surface area contributed by atoms with E-state index in [0.717, 1.165) is 0 Å². The molecule has 0 spiro atoms. The number of rotatable bonds is 6. The maximum absolute atomic E-state index is 11.4. The van der Waals surface area contributed by atoms with E-state index in [0.29, 0.717) is 5.56 Å². The summed E-state index contributed by atoms with van der Waals surface area (Å²) >= 11 is 0. The number of nitrogens with zero attached hydrogens (tertiary/aromatic N) is 1. The number of pyridine rings is 1. The van der Waals surface area contributed by atoms with Crippen molar-refractivity contribution in [3.8, 4) is 0 Å². The van der Waals surface area contributed by atoms with E-state index in [1.54, 1.807) is 25.3 Å². The third-order valence-electron chi connectivity index (χ3n) is 1.70. The molecule has 1 aromatic rings. The summed E-state index contributed by atoms with van der Waals surface area (Å²) in [6, 6.07) is 3.19. The zero-order chi connectivity index (χ0) is 12.5. The van der Waals surface area contributed by atoms with E-state index in [4.69, 9.17) is 9.47 Å². The van der Waals surface area contributed by atoms with Crippen LogP contribution in [0.4, 0.5) is 0 Å². The fourth-order valence-corrected chi connectivity index (χ4v) is 0.990. The molecule has 1 heterocycles. The van der Waals surface area contributed by atoms with Crippen molar-refractivity contribution in [1.82, 2.24) is 4.98 Å². The lowest BCUT2D eigenvalue weighted by Crippen LogP contribution is -2.16. The first-order valence-corrected chi connectivity index (χ1v) is 5.04. The Balaban J connectivity index is 2.19. The number of aromatic nitrogens is 1. The minimum absolute atomic E-state index is 0.242. The van der Waals surface area contributed by atoms with Gasteiger partial charge in [-0.15, -0.1) is 0 Å². The van der Waals surface area contributed by atoms with Crippen LogP contribution in [0.15, 0.2) is 24.5 Å². The van der Waals surface area contributed by atoms with E-state index in [1.165, 1.54) is 6.20 Å². The molecule has 0 N–H and O–H groups in total. The number of hydrogen-bond donors (Lipinski definition) is 0. The molecular weight excluding hydrogens is 226 g/mol. The highest BCUT2D eigenvalue weighted by atomic mass is 16.7. The van der Waals surface area contributed by atoms with Gasteiger partial charge in [0.15, 0.2) is 6.79 Å². The lowest BCUT2D eigenvalue weighted by atomic mass is 10.3. The molecule has 0 aliphatic carbocycles. The van der Waals surface area contributed by atoms with Crippen molar-refractivity contribution >= 4 is 11.9 Å². The monoisotopic (exact) mass is 239 g/mol. The van der Waals surface area contributed by atoms with Gasteiger partial charge in [0.1, 0.15) is 6.61 Å². The van der Waals surface area contributed by atoms with Gasteiger partial charge in [0.25, 0.3) is 0 Å². The molecule has 92 valence electrons. The van der Waals surface area contributed by atoms with Gasteiger partial charge >= 0.3 is 11.9 Å². The zero-order valence-corrected chi connectivity index (χ0v) is 9.42. The van der Waals surface area contributed by atoms with Crippen LogP contribution in [-0.2, 0) is 19.0 Å². The van der Waals surface area contributed by atoms with E-state index in [-0.39, 0.29) is 20.0 Å². The van der Waals surface area contributed by atoms with Crippen LogP contribution in [0.1, 0.15) is 17.3 Å². The summed E-state index contributed by atoms with van der Waals surface area (Å²) in [6.45, 7) is 1.44. The van der Waals surface area contributed by atoms with Crippen LogP contribution in [0, 0.1) is 0 Å². The zero-order valence-electron chi connectivity index (χ0n) is 9.42. The first kappa shape index (κ1) is 13.1. The highest BCUT2D eigenvalue weighted by molar-refractivity contribution is 5.88. The molecule has 6 heteroatoms. The van der Waals surface area contributed by atoms with Crippen molar-refractivity contribution in [2.75, 3.05) is 20.0 Å². The van der Waals surface area contributed by atoms with Gasteiger partial charge in [-0.3, -0.25) is 4.98 Å². The van der Waals surface area contributed by atoms with Gasteiger partial charge in [-0.1, -0.05) is 0 Å². The van der Waals surface area contributed by atoms with Crippen molar-refractivity contribution in [3.63, 3.8) is 0 Å². The van der Waals surface area contributed by atoms with Crippen LogP contribution in [0.25, 0.3) is 0 Å². The smallest absolute Gasteiger partial charge is 0.341 e. The van der Waals surface area contributed by atoms with E-state index in [2.05, 4.69) is 9.72 Å². The van der Waals surface area contributed by atoms with Crippen molar-refractivity contribution in [1.29, 1.82) is 0 Å². The second-order valence-corrected chi connectivity index (χ2v) is 2.94. The largest absolute Gasteiger partial charge is 0.464 e. The Morgan fingerprint density at radius 2 is 2.18 bits per heavy atom. The minimum atomic E-state index is -0.554. The van der Waals surface area contributed by atoms with Gasteiger partial charge in [0.05, 0.1) is 12.2 Å². The van der Waals surface area contributed by atoms with Crippen LogP contribution >= 0.6 is 0 Å². The standard InChI is InChI=1S/C11H13NO5/c1-2-16-10(13)7-15-8-17-11(14)9-4-3-5-12-6-9/h3-6H,2,7-8H2,1H3. The molecule has 1 aromatic heterocycles. The Hall–Kier alpha value is -1.95. The predicted octanol–water partition coefficient (Wildman–Crippen LogP) is 0.776. The van der Waals surface area contributed by atoms with Crippen LogP contribution in [0.3, 0.4) is 0 Å². The third-order valence-corrected chi connectivity index (χ3v) is 1.70. The average molecular weight is 239 g/mol. The van der Waals surface area contributed by atoms with Gasteiger partial charge in [-0.25, -0.2) is 9.59 Å². The minimum Gasteiger partial charge on any atom is -0.464 e. The highest BCUT2D eigenvalue weighted by Gasteiger charge is 2.07. The van der Waals surface area contributed by atoms with Gasteiger partial charge in [-0.2, -0.15) is 0 Å². The summed E-state index contributed by atoms with van der Waals surface area (Å²) in [5.41, 5.74) is 0.326. The van der Waals surface area contributed by atoms with Crippen LogP contribution < -0.4 is 0 Å². The van der Waals surface area contributed by atoms with E-state index < -0.39 is 11.9 Å². The summed E-state index contributed by atoms with van der Waals surface area (Å²) in [5, 5.41) is 0. The van der Waals surface area contributed by atoms with Crippen molar-refractivity contribution in [3.05, 3.63) is 30.1 Å². The maximum atomic E-state index is 11.4. The molecule has 0 saturated carbocycles. The van der Waals surface area contributed by atoms with E-state index >= 15 is 0 Å². The Kier molecular flexibility index (Phi) is 5.67. The highest BCUT2D eigenvalue weighted by Crippen LogP contribution is 1.98. The van der Waals surface area contributed by atoms with Gasteiger partial charge < -0.3 is 14.2 Å². The summed E-state index contributed by atoms with van der Waals surface area (Å²) in [6.07, 6.45) is 2.93. The SMILES string of the molecule is CCOC(=O)COCOC(=O)c1cccnc1. The molecule has 0 amide bonds. The van der Waals surface area contributed by atoms with Crippen molar-refractivity contribution in [2.45, 2.75) is 6.92 Å². The first-order valence-electron chi connectivity index (χ1n) is 5.04. The molecule has 0 aliphatic rings. The molecule has 0 radical (unpaired) electrons. The molecule has 0 bridgehead atoms. The second kappa shape index (κ2) is 7.34.